The summed E-state index contributed by atoms with van der Waals surface area (Å²) >= 11 is 3.40. The highest BCUT2D eigenvalue weighted by Crippen LogP contribution is 2.36. The lowest BCUT2D eigenvalue weighted by Crippen LogP contribution is -2.05. The third-order valence-electron chi connectivity index (χ3n) is 3.57. The van der Waals surface area contributed by atoms with E-state index in [0.29, 0.717) is 28.6 Å². The molecule has 0 spiro atoms. The number of nitrogen functional groups attached to an aromatic ring is 1. The topological polar surface area (TPSA) is 91.5 Å². The minimum Gasteiger partial charge on any atom is -0.459 e. The number of aromatic nitrogens is 4. The van der Waals surface area contributed by atoms with Crippen molar-refractivity contribution in [1.29, 1.82) is 0 Å². The Balaban J connectivity index is 1.80. The Kier molecular flexibility index (Phi) is 3.46. The Morgan fingerprint density at radius 3 is 2.79 bits per heavy atom. The zero-order valence-electron chi connectivity index (χ0n) is 12.6. The molecule has 7 nitrogen and oxygen atoms in total. The van der Waals surface area contributed by atoms with E-state index in [0.717, 1.165) is 10.0 Å². The van der Waals surface area contributed by atoms with Crippen LogP contribution in [0.25, 0.3) is 17.1 Å². The molecule has 0 bridgehead atoms. The van der Waals surface area contributed by atoms with Crippen molar-refractivity contribution in [2.75, 3.05) is 5.73 Å². The molecule has 3 heterocycles. The van der Waals surface area contributed by atoms with Crippen LogP contribution < -0.4 is 10.5 Å². The number of fused-ring (bicyclic) bond motifs is 1. The van der Waals surface area contributed by atoms with E-state index in [-0.39, 0.29) is 5.95 Å². The SMILES string of the molecule is Cc1c(-c2occc2Oc2ccc(Br)cc2)nc(N)n2ncnc12. The minimum absolute atomic E-state index is 0.231. The van der Waals surface area contributed by atoms with Crippen LogP contribution >= 0.6 is 15.9 Å². The van der Waals surface area contributed by atoms with E-state index in [1.807, 2.05) is 31.2 Å². The van der Waals surface area contributed by atoms with Crippen molar-refractivity contribution in [2.45, 2.75) is 6.92 Å². The number of nitrogens with zero attached hydrogens (tertiary/aromatic N) is 4. The van der Waals surface area contributed by atoms with E-state index < -0.39 is 0 Å². The fourth-order valence-corrected chi connectivity index (χ4v) is 2.68. The molecule has 0 amide bonds. The number of ether oxygens (including phenoxy) is 1. The molecule has 0 atom stereocenters. The van der Waals surface area contributed by atoms with Crippen LogP contribution in [0, 0.1) is 6.92 Å². The second-order valence-electron chi connectivity index (χ2n) is 5.11. The molecule has 0 saturated carbocycles. The Labute approximate surface area is 145 Å². The molecule has 0 radical (unpaired) electrons. The lowest BCUT2D eigenvalue weighted by Gasteiger charge is -2.09. The first kappa shape index (κ1) is 14.7. The van der Waals surface area contributed by atoms with E-state index in [9.17, 15) is 0 Å². The predicted octanol–water partition coefficient (Wildman–Crippen LogP) is 3.83. The van der Waals surface area contributed by atoms with Gasteiger partial charge < -0.3 is 14.9 Å². The average molecular weight is 386 g/mol. The van der Waals surface area contributed by atoms with Gasteiger partial charge in [0.1, 0.15) is 17.8 Å². The van der Waals surface area contributed by atoms with E-state index in [1.54, 1.807) is 12.3 Å². The maximum absolute atomic E-state index is 5.96. The Hall–Kier alpha value is -2.87. The van der Waals surface area contributed by atoms with E-state index >= 15 is 0 Å². The molecule has 0 unspecified atom stereocenters. The van der Waals surface area contributed by atoms with Crippen LogP contribution in [0.3, 0.4) is 0 Å². The first-order valence-corrected chi connectivity index (χ1v) is 7.90. The van der Waals surface area contributed by atoms with Crippen LogP contribution in [0.5, 0.6) is 11.5 Å². The van der Waals surface area contributed by atoms with Gasteiger partial charge in [-0.3, -0.25) is 0 Å². The van der Waals surface area contributed by atoms with E-state index in [4.69, 9.17) is 14.9 Å². The maximum atomic E-state index is 5.96. The monoisotopic (exact) mass is 385 g/mol. The lowest BCUT2D eigenvalue weighted by atomic mass is 10.2. The first-order valence-electron chi connectivity index (χ1n) is 7.10. The van der Waals surface area contributed by atoms with Gasteiger partial charge in [0, 0.05) is 16.1 Å². The molecule has 4 rings (SSSR count). The number of anilines is 1. The molecule has 3 aromatic heterocycles. The minimum atomic E-state index is 0.231. The molecular formula is C16H12BrN5O2. The smallest absolute Gasteiger partial charge is 0.223 e. The number of benzene rings is 1. The Morgan fingerprint density at radius 1 is 1.21 bits per heavy atom. The Morgan fingerprint density at radius 2 is 2.00 bits per heavy atom. The summed E-state index contributed by atoms with van der Waals surface area (Å²) in [7, 11) is 0. The highest BCUT2D eigenvalue weighted by molar-refractivity contribution is 9.10. The molecule has 4 aromatic rings. The van der Waals surface area contributed by atoms with Gasteiger partial charge in [0.15, 0.2) is 17.2 Å². The van der Waals surface area contributed by atoms with E-state index in [2.05, 4.69) is 31.0 Å². The summed E-state index contributed by atoms with van der Waals surface area (Å²) in [6, 6.07) is 9.26. The summed E-state index contributed by atoms with van der Waals surface area (Å²) in [5.41, 5.74) is 7.96. The molecule has 0 aliphatic carbocycles. The number of rotatable bonds is 3. The van der Waals surface area contributed by atoms with Crippen molar-refractivity contribution in [3.05, 3.63) is 53.0 Å². The van der Waals surface area contributed by atoms with Gasteiger partial charge in [-0.25, -0.2) is 9.97 Å². The van der Waals surface area contributed by atoms with Crippen LogP contribution in [0.4, 0.5) is 5.95 Å². The first-order chi connectivity index (χ1) is 11.6. The number of hydrogen-bond donors (Lipinski definition) is 1. The zero-order valence-corrected chi connectivity index (χ0v) is 14.2. The predicted molar refractivity (Wildman–Crippen MR) is 91.8 cm³/mol. The zero-order chi connectivity index (χ0) is 16.7. The summed E-state index contributed by atoms with van der Waals surface area (Å²) in [5, 5.41) is 4.05. The van der Waals surface area contributed by atoms with Crippen LogP contribution in [0.2, 0.25) is 0 Å². The maximum Gasteiger partial charge on any atom is 0.223 e. The highest BCUT2D eigenvalue weighted by Gasteiger charge is 2.19. The van der Waals surface area contributed by atoms with Crippen LogP contribution in [-0.4, -0.2) is 19.6 Å². The normalized spacial score (nSPS) is 11.1. The highest BCUT2D eigenvalue weighted by atomic mass is 79.9. The number of aryl methyl sites for hydroxylation is 1. The summed E-state index contributed by atoms with van der Waals surface area (Å²) in [4.78, 5) is 8.61. The number of hydrogen-bond acceptors (Lipinski definition) is 6. The molecule has 8 heteroatoms. The van der Waals surface area contributed by atoms with Crippen LogP contribution in [0.1, 0.15) is 5.56 Å². The van der Waals surface area contributed by atoms with Gasteiger partial charge in [0.05, 0.1) is 6.26 Å². The largest absolute Gasteiger partial charge is 0.459 e. The molecular weight excluding hydrogens is 374 g/mol. The third kappa shape index (κ3) is 2.41. The lowest BCUT2D eigenvalue weighted by molar-refractivity contribution is 0.471. The number of furan rings is 1. The fourth-order valence-electron chi connectivity index (χ4n) is 2.42. The molecule has 24 heavy (non-hydrogen) atoms. The van der Waals surface area contributed by atoms with Crippen molar-refractivity contribution < 1.29 is 9.15 Å². The van der Waals surface area contributed by atoms with Crippen molar-refractivity contribution in [3.8, 4) is 23.0 Å². The number of halogens is 1. The molecule has 0 fully saturated rings. The van der Waals surface area contributed by atoms with Gasteiger partial charge >= 0.3 is 0 Å². The van der Waals surface area contributed by atoms with E-state index in [1.165, 1.54) is 10.8 Å². The molecule has 1 aromatic carbocycles. The fraction of sp³-hybridized carbons (Fsp3) is 0.0625. The van der Waals surface area contributed by atoms with Crippen LogP contribution in [0.15, 0.2) is 51.8 Å². The molecule has 0 saturated heterocycles. The quantitative estimate of drug-likeness (QED) is 0.576. The third-order valence-corrected chi connectivity index (χ3v) is 4.10. The van der Waals surface area contributed by atoms with Crippen LogP contribution in [-0.2, 0) is 0 Å². The van der Waals surface area contributed by atoms with Gasteiger partial charge in [0.25, 0.3) is 0 Å². The van der Waals surface area contributed by atoms with Gasteiger partial charge in [0.2, 0.25) is 5.95 Å². The van der Waals surface area contributed by atoms with Gasteiger partial charge in [-0.2, -0.15) is 9.61 Å². The summed E-state index contributed by atoms with van der Waals surface area (Å²) in [6.07, 6.45) is 2.99. The average Bonchev–Trinajstić information content (AvgIpc) is 3.23. The van der Waals surface area contributed by atoms with Gasteiger partial charge in [-0.05, 0) is 31.2 Å². The Bertz CT molecular complexity index is 1020. The molecule has 2 N–H and O–H groups in total. The second-order valence-corrected chi connectivity index (χ2v) is 6.02. The van der Waals surface area contributed by atoms with Crippen molar-refractivity contribution >= 4 is 27.5 Å². The van der Waals surface area contributed by atoms with Gasteiger partial charge in [-0.15, -0.1) is 0 Å². The molecule has 120 valence electrons. The summed E-state index contributed by atoms with van der Waals surface area (Å²) < 4.78 is 14.0. The molecule has 0 aliphatic heterocycles. The second kappa shape index (κ2) is 5.64. The summed E-state index contributed by atoms with van der Waals surface area (Å²) in [6.45, 7) is 1.89. The van der Waals surface area contributed by atoms with Crippen molar-refractivity contribution in [3.63, 3.8) is 0 Å². The van der Waals surface area contributed by atoms with Crippen molar-refractivity contribution in [2.24, 2.45) is 0 Å². The summed E-state index contributed by atoms with van der Waals surface area (Å²) in [5.74, 6) is 1.97. The van der Waals surface area contributed by atoms with Gasteiger partial charge in [-0.1, -0.05) is 15.9 Å². The van der Waals surface area contributed by atoms with Crippen molar-refractivity contribution in [1.82, 2.24) is 19.6 Å². The standard InChI is InChI=1S/C16H12BrN5O2/c1-9-13(21-16(18)22-15(9)19-8-20-22)14-12(6-7-23-14)24-11-4-2-10(17)3-5-11/h2-8H,1H3,(H2,18,21). The molecule has 0 aliphatic rings. The number of nitrogens with two attached hydrogens (primary N) is 1.